The summed E-state index contributed by atoms with van der Waals surface area (Å²) in [6, 6.07) is 16.3. The molecule has 140 valence electrons. The standard InChI is InChI=1S/C22H18N2O4/c1-23-21(26)16-11-24(12-17(16)22(23)27)14-8-6-13(7-9-14)20-10-18(25)15-4-2-3-5-19(15)28-20/h2-10,16-17H,11-12H2,1H3/t16-,17+. The van der Waals surface area contributed by atoms with Crippen molar-refractivity contribution in [1.29, 1.82) is 0 Å². The van der Waals surface area contributed by atoms with Crippen LogP contribution in [0.1, 0.15) is 0 Å². The van der Waals surface area contributed by atoms with Gasteiger partial charge in [-0.05, 0) is 36.4 Å². The van der Waals surface area contributed by atoms with E-state index in [2.05, 4.69) is 4.90 Å². The quantitative estimate of drug-likeness (QED) is 0.645. The van der Waals surface area contributed by atoms with Gasteiger partial charge in [0.1, 0.15) is 11.3 Å². The van der Waals surface area contributed by atoms with Crippen LogP contribution in [0.3, 0.4) is 0 Å². The van der Waals surface area contributed by atoms with E-state index < -0.39 is 0 Å². The number of hydrogen-bond donors (Lipinski definition) is 0. The van der Waals surface area contributed by atoms with Crippen molar-refractivity contribution in [3.63, 3.8) is 0 Å². The Balaban J connectivity index is 1.42. The summed E-state index contributed by atoms with van der Waals surface area (Å²) in [7, 11) is 1.56. The molecular weight excluding hydrogens is 356 g/mol. The molecule has 0 bridgehead atoms. The largest absolute Gasteiger partial charge is 0.456 e. The minimum atomic E-state index is -0.254. The monoisotopic (exact) mass is 374 g/mol. The number of hydrogen-bond acceptors (Lipinski definition) is 5. The molecule has 2 fully saturated rings. The summed E-state index contributed by atoms with van der Waals surface area (Å²) in [6.45, 7) is 1.09. The van der Waals surface area contributed by atoms with Gasteiger partial charge in [0.25, 0.3) is 0 Å². The summed E-state index contributed by atoms with van der Waals surface area (Å²) in [6.07, 6.45) is 0. The van der Waals surface area contributed by atoms with Gasteiger partial charge in [0.15, 0.2) is 5.43 Å². The number of anilines is 1. The van der Waals surface area contributed by atoms with Gasteiger partial charge in [-0.25, -0.2) is 0 Å². The lowest BCUT2D eigenvalue weighted by Crippen LogP contribution is -2.33. The number of carbonyl (C=O) groups excluding carboxylic acids is 2. The number of fused-ring (bicyclic) bond motifs is 2. The second-order valence-electron chi connectivity index (χ2n) is 7.37. The molecule has 1 aromatic heterocycles. The SMILES string of the molecule is CN1C(=O)[C@H]2CN(c3ccc(-c4cc(=O)c5ccccc5o4)cc3)C[C@H]2C1=O. The van der Waals surface area contributed by atoms with Gasteiger partial charge in [0, 0.05) is 37.5 Å². The van der Waals surface area contributed by atoms with Gasteiger partial charge in [0.2, 0.25) is 11.8 Å². The van der Waals surface area contributed by atoms with Crippen molar-refractivity contribution in [2.75, 3.05) is 25.0 Å². The summed E-state index contributed by atoms with van der Waals surface area (Å²) < 4.78 is 5.89. The molecule has 0 radical (unpaired) electrons. The number of nitrogens with zero attached hydrogens (tertiary/aromatic N) is 2. The number of rotatable bonds is 2. The fourth-order valence-electron chi connectivity index (χ4n) is 4.20. The third-order valence-corrected chi connectivity index (χ3v) is 5.77. The Labute approximate surface area is 161 Å². The van der Waals surface area contributed by atoms with E-state index in [9.17, 15) is 14.4 Å². The molecule has 2 saturated heterocycles. The van der Waals surface area contributed by atoms with Crippen LogP contribution in [0.25, 0.3) is 22.3 Å². The zero-order chi connectivity index (χ0) is 19.4. The summed E-state index contributed by atoms with van der Waals surface area (Å²) in [4.78, 5) is 40.0. The van der Waals surface area contributed by atoms with E-state index in [0.29, 0.717) is 29.8 Å². The zero-order valence-electron chi connectivity index (χ0n) is 15.3. The van der Waals surface area contributed by atoms with E-state index in [1.54, 1.807) is 19.2 Å². The zero-order valence-corrected chi connectivity index (χ0v) is 15.3. The highest BCUT2D eigenvalue weighted by Gasteiger charge is 2.50. The van der Waals surface area contributed by atoms with Gasteiger partial charge >= 0.3 is 0 Å². The molecular formula is C22H18N2O4. The first-order valence-electron chi connectivity index (χ1n) is 9.22. The van der Waals surface area contributed by atoms with Crippen LogP contribution >= 0.6 is 0 Å². The van der Waals surface area contributed by atoms with Crippen LogP contribution in [0.4, 0.5) is 5.69 Å². The lowest BCUT2D eigenvalue weighted by atomic mass is 10.00. The average molecular weight is 374 g/mol. The van der Waals surface area contributed by atoms with Crippen LogP contribution < -0.4 is 10.3 Å². The first-order chi connectivity index (χ1) is 13.5. The van der Waals surface area contributed by atoms with Gasteiger partial charge in [0.05, 0.1) is 17.2 Å². The Morgan fingerprint density at radius 2 is 1.54 bits per heavy atom. The Bertz CT molecular complexity index is 1140. The highest BCUT2D eigenvalue weighted by molar-refractivity contribution is 6.06. The highest BCUT2D eigenvalue weighted by Crippen LogP contribution is 2.35. The summed E-state index contributed by atoms with van der Waals surface area (Å²) in [5.74, 6) is -0.175. The summed E-state index contributed by atoms with van der Waals surface area (Å²) in [5.41, 5.74) is 2.24. The highest BCUT2D eigenvalue weighted by atomic mass is 16.3. The van der Waals surface area contributed by atoms with Gasteiger partial charge in [-0.3, -0.25) is 19.3 Å². The van der Waals surface area contributed by atoms with Gasteiger partial charge in [-0.1, -0.05) is 12.1 Å². The maximum absolute atomic E-state index is 12.3. The third-order valence-electron chi connectivity index (χ3n) is 5.77. The Morgan fingerprint density at radius 3 is 2.21 bits per heavy atom. The molecule has 2 aliphatic heterocycles. The van der Waals surface area contributed by atoms with E-state index in [4.69, 9.17) is 4.42 Å². The Morgan fingerprint density at radius 1 is 0.893 bits per heavy atom. The molecule has 5 rings (SSSR count). The first kappa shape index (κ1) is 16.7. The number of para-hydroxylation sites is 1. The first-order valence-corrected chi connectivity index (χ1v) is 9.22. The predicted octanol–water partition coefficient (Wildman–Crippen LogP) is 2.51. The van der Waals surface area contributed by atoms with Gasteiger partial charge in [-0.2, -0.15) is 0 Å². The second-order valence-corrected chi connectivity index (χ2v) is 7.37. The van der Waals surface area contributed by atoms with Crippen LogP contribution in [-0.2, 0) is 9.59 Å². The number of imide groups is 1. The number of benzene rings is 2. The fraction of sp³-hybridized carbons (Fsp3) is 0.227. The Hall–Kier alpha value is -3.41. The van der Waals surface area contributed by atoms with E-state index in [0.717, 1.165) is 11.3 Å². The van der Waals surface area contributed by atoms with Crippen molar-refractivity contribution < 1.29 is 14.0 Å². The van der Waals surface area contributed by atoms with Crippen molar-refractivity contribution in [1.82, 2.24) is 4.90 Å². The van der Waals surface area contributed by atoms with E-state index in [1.807, 2.05) is 36.4 Å². The molecule has 2 aliphatic rings. The number of amides is 2. The molecule has 2 atom stereocenters. The summed E-state index contributed by atoms with van der Waals surface area (Å²) in [5, 5.41) is 0.561. The second kappa shape index (κ2) is 6.05. The molecule has 2 amide bonds. The van der Waals surface area contributed by atoms with Crippen molar-refractivity contribution in [3.05, 3.63) is 64.8 Å². The van der Waals surface area contributed by atoms with Crippen LogP contribution in [0.15, 0.2) is 63.8 Å². The van der Waals surface area contributed by atoms with Crippen LogP contribution in [0.2, 0.25) is 0 Å². The molecule has 28 heavy (non-hydrogen) atoms. The molecule has 3 aromatic rings. The molecule has 0 unspecified atom stereocenters. The van der Waals surface area contributed by atoms with Crippen LogP contribution in [0, 0.1) is 11.8 Å². The smallest absolute Gasteiger partial charge is 0.234 e. The van der Waals surface area contributed by atoms with Crippen molar-refractivity contribution in [2.24, 2.45) is 11.8 Å². The molecule has 0 aliphatic carbocycles. The van der Waals surface area contributed by atoms with E-state index in [1.165, 1.54) is 11.0 Å². The predicted molar refractivity (Wildman–Crippen MR) is 105 cm³/mol. The molecule has 6 heteroatoms. The normalized spacial score (nSPS) is 21.6. The number of likely N-dealkylation sites (tertiary alicyclic amines) is 1. The molecule has 2 aromatic carbocycles. The van der Waals surface area contributed by atoms with Gasteiger partial charge < -0.3 is 9.32 Å². The van der Waals surface area contributed by atoms with Crippen LogP contribution in [0.5, 0.6) is 0 Å². The summed E-state index contributed by atoms with van der Waals surface area (Å²) >= 11 is 0. The molecule has 0 N–H and O–H groups in total. The molecule has 3 heterocycles. The lowest BCUT2D eigenvalue weighted by molar-refractivity contribution is -0.138. The van der Waals surface area contributed by atoms with Crippen LogP contribution in [-0.4, -0.2) is 36.9 Å². The average Bonchev–Trinajstić information content (AvgIpc) is 3.24. The van der Waals surface area contributed by atoms with E-state index in [-0.39, 0.29) is 29.1 Å². The fourth-order valence-corrected chi connectivity index (χ4v) is 4.20. The lowest BCUT2D eigenvalue weighted by Gasteiger charge is -2.21. The minimum absolute atomic E-state index is 0.0746. The van der Waals surface area contributed by atoms with Crippen molar-refractivity contribution in [3.8, 4) is 11.3 Å². The molecule has 6 nitrogen and oxygen atoms in total. The van der Waals surface area contributed by atoms with Crippen molar-refractivity contribution >= 4 is 28.5 Å². The Kier molecular flexibility index (Phi) is 3.62. The minimum Gasteiger partial charge on any atom is -0.456 e. The third kappa shape index (κ3) is 2.45. The van der Waals surface area contributed by atoms with Gasteiger partial charge in [-0.15, -0.1) is 0 Å². The topological polar surface area (TPSA) is 70.8 Å². The molecule has 0 spiro atoms. The maximum Gasteiger partial charge on any atom is 0.234 e. The molecule has 0 saturated carbocycles. The number of carbonyl (C=O) groups is 2. The van der Waals surface area contributed by atoms with E-state index >= 15 is 0 Å². The maximum atomic E-state index is 12.3. The van der Waals surface area contributed by atoms with Crippen molar-refractivity contribution in [2.45, 2.75) is 0 Å².